The molecule has 2 aromatic carbocycles. The lowest BCUT2D eigenvalue weighted by Crippen LogP contribution is -2.29. The molecule has 24 heavy (non-hydrogen) atoms. The van der Waals surface area contributed by atoms with Crippen LogP contribution in [0.3, 0.4) is 0 Å². The minimum atomic E-state index is -1.10. The first-order valence-electron chi connectivity index (χ1n) is 6.88. The van der Waals surface area contributed by atoms with Gasteiger partial charge in [0.1, 0.15) is 0 Å². The summed E-state index contributed by atoms with van der Waals surface area (Å²) in [7, 11) is 1.22. The highest BCUT2D eigenvalue weighted by Crippen LogP contribution is 2.29. The van der Waals surface area contributed by atoms with Crippen molar-refractivity contribution in [3.05, 3.63) is 64.7 Å². The molecule has 7 nitrogen and oxygen atoms in total. The zero-order valence-electron chi connectivity index (χ0n) is 12.5. The van der Waals surface area contributed by atoms with Crippen LogP contribution in [0, 0.1) is 0 Å². The van der Waals surface area contributed by atoms with E-state index in [1.165, 1.54) is 49.6 Å². The fraction of sp³-hybridized carbons (Fsp3) is 0.0588. The molecule has 0 fully saturated rings. The molecular formula is C17H11NO6. The van der Waals surface area contributed by atoms with Crippen molar-refractivity contribution in [2.45, 2.75) is 0 Å². The smallest absolute Gasteiger partial charge is 0.337 e. The Kier molecular flexibility index (Phi) is 3.61. The topological polar surface area (TPSA) is 101 Å². The summed E-state index contributed by atoms with van der Waals surface area (Å²) in [6, 6.07) is 9.49. The Morgan fingerprint density at radius 2 is 1.50 bits per heavy atom. The number of methoxy groups -OCH3 is 1. The third kappa shape index (κ3) is 2.32. The van der Waals surface area contributed by atoms with Crippen molar-refractivity contribution in [1.29, 1.82) is 0 Å². The van der Waals surface area contributed by atoms with Crippen molar-refractivity contribution >= 4 is 29.4 Å². The van der Waals surface area contributed by atoms with Crippen molar-refractivity contribution in [2.75, 3.05) is 12.0 Å². The Bertz CT molecular complexity index is 884. The van der Waals surface area contributed by atoms with E-state index in [-0.39, 0.29) is 27.9 Å². The lowest BCUT2D eigenvalue weighted by Gasteiger charge is -2.13. The Morgan fingerprint density at radius 1 is 0.917 bits per heavy atom. The van der Waals surface area contributed by atoms with Gasteiger partial charge < -0.3 is 9.84 Å². The SMILES string of the molecule is COC(=O)c1ccc2c(c1)C(=O)N(c1ccc(C(=O)O)cc1)C2=O. The van der Waals surface area contributed by atoms with Gasteiger partial charge in [0.05, 0.1) is 35.1 Å². The molecule has 0 saturated carbocycles. The second kappa shape index (κ2) is 5.62. The van der Waals surface area contributed by atoms with E-state index in [0.717, 1.165) is 4.90 Å². The van der Waals surface area contributed by atoms with E-state index in [1.807, 2.05) is 0 Å². The van der Waals surface area contributed by atoms with Gasteiger partial charge in [-0.25, -0.2) is 14.5 Å². The molecule has 0 atom stereocenters. The molecule has 120 valence electrons. The molecule has 1 aliphatic heterocycles. The van der Waals surface area contributed by atoms with E-state index in [9.17, 15) is 19.2 Å². The van der Waals surface area contributed by atoms with Crippen LogP contribution in [0.1, 0.15) is 41.4 Å². The molecule has 3 rings (SSSR count). The molecule has 0 bridgehead atoms. The summed E-state index contributed by atoms with van der Waals surface area (Å²) < 4.78 is 4.60. The van der Waals surface area contributed by atoms with Crippen LogP contribution in [-0.2, 0) is 4.74 Å². The summed E-state index contributed by atoms with van der Waals surface area (Å²) in [6.45, 7) is 0. The second-order valence-electron chi connectivity index (χ2n) is 5.05. The number of ether oxygens (including phenoxy) is 1. The van der Waals surface area contributed by atoms with Gasteiger partial charge in [-0.2, -0.15) is 0 Å². The normalized spacial score (nSPS) is 13.0. The van der Waals surface area contributed by atoms with Crippen molar-refractivity contribution in [1.82, 2.24) is 0 Å². The Balaban J connectivity index is 2.00. The highest BCUT2D eigenvalue weighted by Gasteiger charge is 2.37. The van der Waals surface area contributed by atoms with Crippen LogP contribution in [-0.4, -0.2) is 36.0 Å². The molecule has 1 aliphatic rings. The lowest BCUT2D eigenvalue weighted by atomic mass is 10.1. The first-order valence-corrected chi connectivity index (χ1v) is 6.88. The van der Waals surface area contributed by atoms with Crippen molar-refractivity contribution in [3.63, 3.8) is 0 Å². The van der Waals surface area contributed by atoms with E-state index in [1.54, 1.807) is 0 Å². The van der Waals surface area contributed by atoms with Gasteiger partial charge in [-0.05, 0) is 42.5 Å². The number of benzene rings is 2. The van der Waals surface area contributed by atoms with Gasteiger partial charge in [0.2, 0.25) is 0 Å². The molecule has 0 unspecified atom stereocenters. The molecule has 1 heterocycles. The molecule has 7 heteroatoms. The monoisotopic (exact) mass is 325 g/mol. The fourth-order valence-electron chi connectivity index (χ4n) is 2.47. The third-order valence-corrected chi connectivity index (χ3v) is 3.68. The van der Waals surface area contributed by atoms with Crippen LogP contribution >= 0.6 is 0 Å². The van der Waals surface area contributed by atoms with E-state index in [4.69, 9.17) is 5.11 Å². The summed E-state index contributed by atoms with van der Waals surface area (Å²) in [4.78, 5) is 48.4. The maximum Gasteiger partial charge on any atom is 0.337 e. The highest BCUT2D eigenvalue weighted by atomic mass is 16.5. The summed E-state index contributed by atoms with van der Waals surface area (Å²) in [5.74, 6) is -2.83. The molecule has 0 radical (unpaired) electrons. The van der Waals surface area contributed by atoms with E-state index < -0.39 is 23.8 Å². The Hall–Kier alpha value is -3.48. The van der Waals surface area contributed by atoms with E-state index in [0.29, 0.717) is 0 Å². The Morgan fingerprint density at radius 3 is 2.08 bits per heavy atom. The van der Waals surface area contributed by atoms with Crippen LogP contribution < -0.4 is 4.90 Å². The number of nitrogens with zero attached hydrogens (tertiary/aromatic N) is 1. The van der Waals surface area contributed by atoms with Crippen LogP contribution in [0.15, 0.2) is 42.5 Å². The summed E-state index contributed by atoms with van der Waals surface area (Å²) in [5.41, 5.74) is 0.745. The van der Waals surface area contributed by atoms with Crippen molar-refractivity contribution in [2.24, 2.45) is 0 Å². The fourth-order valence-corrected chi connectivity index (χ4v) is 2.47. The van der Waals surface area contributed by atoms with Gasteiger partial charge in [-0.3, -0.25) is 9.59 Å². The number of hydrogen-bond donors (Lipinski definition) is 1. The van der Waals surface area contributed by atoms with Gasteiger partial charge in [0.25, 0.3) is 11.8 Å². The standard InChI is InChI=1S/C17H11NO6/c1-24-17(23)10-4-7-12-13(8-10)15(20)18(14(12)19)11-5-2-9(3-6-11)16(21)22/h2-8H,1H3,(H,21,22). The number of imide groups is 1. The van der Waals surface area contributed by atoms with E-state index >= 15 is 0 Å². The maximum atomic E-state index is 12.5. The number of carbonyl (C=O) groups excluding carboxylic acids is 3. The maximum absolute atomic E-state index is 12.5. The van der Waals surface area contributed by atoms with Crippen LogP contribution in [0.2, 0.25) is 0 Å². The minimum Gasteiger partial charge on any atom is -0.478 e. The average Bonchev–Trinajstić information content (AvgIpc) is 2.85. The molecule has 0 spiro atoms. The summed E-state index contributed by atoms with van der Waals surface area (Å²) in [5, 5.41) is 8.90. The number of hydrogen-bond acceptors (Lipinski definition) is 5. The largest absolute Gasteiger partial charge is 0.478 e. The summed E-state index contributed by atoms with van der Waals surface area (Å²) in [6.07, 6.45) is 0. The van der Waals surface area contributed by atoms with Crippen LogP contribution in [0.5, 0.6) is 0 Å². The zero-order chi connectivity index (χ0) is 17.4. The number of aromatic carboxylic acids is 1. The predicted molar refractivity (Wildman–Crippen MR) is 82.3 cm³/mol. The van der Waals surface area contributed by atoms with Gasteiger partial charge in [0.15, 0.2) is 0 Å². The third-order valence-electron chi connectivity index (χ3n) is 3.68. The molecule has 2 aromatic rings. The molecule has 0 aromatic heterocycles. The van der Waals surface area contributed by atoms with Gasteiger partial charge in [0, 0.05) is 0 Å². The first kappa shape index (κ1) is 15.4. The highest BCUT2D eigenvalue weighted by molar-refractivity contribution is 6.34. The van der Waals surface area contributed by atoms with Crippen molar-refractivity contribution < 1.29 is 29.0 Å². The number of esters is 1. The number of carboxylic acid groups (broad SMARTS) is 1. The number of fused-ring (bicyclic) bond motifs is 1. The average molecular weight is 325 g/mol. The number of anilines is 1. The number of rotatable bonds is 3. The number of amides is 2. The Labute approximate surface area is 136 Å². The van der Waals surface area contributed by atoms with Crippen molar-refractivity contribution in [3.8, 4) is 0 Å². The second-order valence-corrected chi connectivity index (χ2v) is 5.05. The van der Waals surface area contributed by atoms with E-state index in [2.05, 4.69) is 4.74 Å². The molecule has 1 N–H and O–H groups in total. The molecule has 2 amide bonds. The lowest BCUT2D eigenvalue weighted by molar-refractivity contribution is 0.0599. The predicted octanol–water partition coefficient (Wildman–Crippen LogP) is 1.97. The number of carboxylic acids is 1. The molecular weight excluding hydrogens is 314 g/mol. The summed E-state index contributed by atoms with van der Waals surface area (Å²) >= 11 is 0. The van der Waals surface area contributed by atoms with Gasteiger partial charge >= 0.3 is 11.9 Å². The van der Waals surface area contributed by atoms with Crippen LogP contribution in [0.25, 0.3) is 0 Å². The van der Waals surface area contributed by atoms with Gasteiger partial charge in [-0.15, -0.1) is 0 Å². The molecule has 0 aliphatic carbocycles. The van der Waals surface area contributed by atoms with Gasteiger partial charge in [-0.1, -0.05) is 0 Å². The quantitative estimate of drug-likeness (QED) is 0.684. The molecule has 0 saturated heterocycles. The van der Waals surface area contributed by atoms with Crippen LogP contribution in [0.4, 0.5) is 5.69 Å². The zero-order valence-corrected chi connectivity index (χ0v) is 12.5. The minimum absolute atomic E-state index is 0.0448. The first-order chi connectivity index (χ1) is 11.4. The number of carbonyl (C=O) groups is 4.